The van der Waals surface area contributed by atoms with Crippen molar-refractivity contribution >= 4 is 21.8 Å². The van der Waals surface area contributed by atoms with Crippen molar-refractivity contribution in [2.75, 3.05) is 24.6 Å². The Balaban J connectivity index is 2.34. The molecule has 0 atom stereocenters. The Labute approximate surface area is 118 Å². The molecular formula is C13H19NO3S2. The third kappa shape index (κ3) is 3.13. The molecule has 1 aliphatic heterocycles. The Morgan fingerprint density at radius 2 is 1.95 bits per heavy atom. The summed E-state index contributed by atoms with van der Waals surface area (Å²) in [7, 11) is -3.41. The molecule has 0 amide bonds. The number of aryl methyl sites for hydroxylation is 1. The van der Waals surface area contributed by atoms with E-state index in [4.69, 9.17) is 0 Å². The fourth-order valence-corrected chi connectivity index (χ4v) is 4.82. The second kappa shape index (κ2) is 6.26. The maximum Gasteiger partial charge on any atom is 0.243 e. The van der Waals surface area contributed by atoms with Gasteiger partial charge in [-0.3, -0.25) is 0 Å². The first kappa shape index (κ1) is 14.8. The van der Waals surface area contributed by atoms with Gasteiger partial charge in [-0.1, -0.05) is 13.0 Å². The van der Waals surface area contributed by atoms with Crippen molar-refractivity contribution in [3.63, 3.8) is 0 Å². The van der Waals surface area contributed by atoms with E-state index in [0.29, 0.717) is 23.5 Å². The van der Waals surface area contributed by atoms with Gasteiger partial charge in [0.25, 0.3) is 0 Å². The number of sulfonamides is 1. The molecule has 4 nitrogen and oxygen atoms in total. The van der Waals surface area contributed by atoms with Gasteiger partial charge in [0.1, 0.15) is 0 Å². The largest absolute Gasteiger partial charge is 0.392 e. The van der Waals surface area contributed by atoms with E-state index in [1.807, 2.05) is 6.92 Å². The Kier molecular flexibility index (Phi) is 4.89. The number of hydrogen-bond acceptors (Lipinski definition) is 4. The molecule has 0 unspecified atom stereocenters. The van der Waals surface area contributed by atoms with Crippen LogP contribution in [0, 0.1) is 0 Å². The number of rotatable bonds is 4. The Morgan fingerprint density at radius 3 is 2.53 bits per heavy atom. The van der Waals surface area contributed by atoms with Crippen LogP contribution in [0.4, 0.5) is 0 Å². The first-order valence-electron chi connectivity index (χ1n) is 6.40. The first-order chi connectivity index (χ1) is 9.09. The van der Waals surface area contributed by atoms with Crippen molar-refractivity contribution in [3.05, 3.63) is 29.3 Å². The van der Waals surface area contributed by atoms with Crippen LogP contribution < -0.4 is 0 Å². The summed E-state index contributed by atoms with van der Waals surface area (Å²) in [4.78, 5) is 0.292. The zero-order valence-corrected chi connectivity index (χ0v) is 12.6. The molecule has 0 aliphatic carbocycles. The van der Waals surface area contributed by atoms with Gasteiger partial charge in [-0.05, 0) is 29.7 Å². The number of benzene rings is 1. The third-order valence-electron chi connectivity index (χ3n) is 3.34. The van der Waals surface area contributed by atoms with Crippen LogP contribution in [0.1, 0.15) is 18.1 Å². The lowest BCUT2D eigenvalue weighted by molar-refractivity contribution is 0.280. The van der Waals surface area contributed by atoms with Crippen LogP contribution in [-0.4, -0.2) is 42.4 Å². The molecule has 19 heavy (non-hydrogen) atoms. The quantitative estimate of drug-likeness (QED) is 0.915. The van der Waals surface area contributed by atoms with E-state index in [1.54, 1.807) is 30.0 Å². The highest BCUT2D eigenvalue weighted by Gasteiger charge is 2.26. The Hall–Kier alpha value is -0.560. The fourth-order valence-electron chi connectivity index (χ4n) is 2.19. The van der Waals surface area contributed by atoms with Crippen LogP contribution in [0.15, 0.2) is 23.1 Å². The summed E-state index contributed by atoms with van der Waals surface area (Å²) < 4.78 is 26.5. The Morgan fingerprint density at radius 1 is 1.26 bits per heavy atom. The van der Waals surface area contributed by atoms with Crippen LogP contribution in [0.25, 0.3) is 0 Å². The third-order valence-corrected chi connectivity index (χ3v) is 6.17. The van der Waals surface area contributed by atoms with Gasteiger partial charge in [0, 0.05) is 24.6 Å². The maximum atomic E-state index is 12.5. The molecule has 1 aromatic carbocycles. The standard InChI is InChI=1S/C13H19NO3S2/c1-2-11-3-4-13(9-12(11)10-15)19(16,17)14-5-7-18-8-6-14/h3-4,9,15H,2,5-8,10H2,1H3. The van der Waals surface area contributed by atoms with Gasteiger partial charge in [0.15, 0.2) is 0 Å². The van der Waals surface area contributed by atoms with Crippen molar-refractivity contribution in [2.24, 2.45) is 0 Å². The highest BCUT2D eigenvalue weighted by atomic mass is 32.2. The maximum absolute atomic E-state index is 12.5. The second-order valence-electron chi connectivity index (χ2n) is 4.46. The van der Waals surface area contributed by atoms with Gasteiger partial charge in [0.05, 0.1) is 11.5 Å². The zero-order chi connectivity index (χ0) is 13.9. The van der Waals surface area contributed by atoms with E-state index < -0.39 is 10.0 Å². The molecule has 0 aromatic heterocycles. The van der Waals surface area contributed by atoms with E-state index in [1.165, 1.54) is 4.31 Å². The predicted molar refractivity (Wildman–Crippen MR) is 77.8 cm³/mol. The molecule has 1 saturated heterocycles. The second-order valence-corrected chi connectivity index (χ2v) is 7.62. The van der Waals surface area contributed by atoms with Gasteiger partial charge < -0.3 is 5.11 Å². The normalized spacial score (nSPS) is 17.6. The summed E-state index contributed by atoms with van der Waals surface area (Å²) in [5.74, 6) is 1.69. The Bertz CT molecular complexity index is 537. The molecule has 0 radical (unpaired) electrons. The van der Waals surface area contributed by atoms with Crippen LogP contribution in [0.5, 0.6) is 0 Å². The average molecular weight is 301 g/mol. The molecule has 1 fully saturated rings. The smallest absolute Gasteiger partial charge is 0.243 e. The van der Waals surface area contributed by atoms with E-state index in [2.05, 4.69) is 0 Å². The monoisotopic (exact) mass is 301 g/mol. The minimum Gasteiger partial charge on any atom is -0.392 e. The molecule has 1 heterocycles. The van der Waals surface area contributed by atoms with E-state index in [9.17, 15) is 13.5 Å². The average Bonchev–Trinajstić information content (AvgIpc) is 2.47. The SMILES string of the molecule is CCc1ccc(S(=O)(=O)N2CCSCC2)cc1CO. The zero-order valence-electron chi connectivity index (χ0n) is 11.0. The molecule has 1 aromatic rings. The van der Waals surface area contributed by atoms with Crippen LogP contribution in [-0.2, 0) is 23.1 Å². The summed E-state index contributed by atoms with van der Waals surface area (Å²) in [5.41, 5.74) is 1.70. The molecular weight excluding hydrogens is 282 g/mol. The molecule has 2 rings (SSSR count). The van der Waals surface area contributed by atoms with Crippen LogP contribution in [0.2, 0.25) is 0 Å². The van der Waals surface area contributed by atoms with Crippen molar-refractivity contribution < 1.29 is 13.5 Å². The fraction of sp³-hybridized carbons (Fsp3) is 0.538. The van der Waals surface area contributed by atoms with E-state index in [-0.39, 0.29) is 6.61 Å². The van der Waals surface area contributed by atoms with Crippen molar-refractivity contribution in [2.45, 2.75) is 24.8 Å². The summed E-state index contributed by atoms with van der Waals surface area (Å²) in [6.45, 7) is 3.00. The molecule has 0 spiro atoms. The van der Waals surface area contributed by atoms with E-state index >= 15 is 0 Å². The van der Waals surface area contributed by atoms with Crippen LogP contribution >= 0.6 is 11.8 Å². The number of aliphatic hydroxyl groups excluding tert-OH is 1. The minimum absolute atomic E-state index is 0.123. The highest BCUT2D eigenvalue weighted by Crippen LogP contribution is 2.23. The van der Waals surface area contributed by atoms with Gasteiger partial charge in [-0.2, -0.15) is 16.1 Å². The van der Waals surface area contributed by atoms with Gasteiger partial charge in [-0.25, -0.2) is 8.42 Å². The lowest BCUT2D eigenvalue weighted by atomic mass is 10.1. The number of hydrogen-bond donors (Lipinski definition) is 1. The molecule has 6 heteroatoms. The number of aliphatic hydroxyl groups is 1. The predicted octanol–water partition coefficient (Wildman–Crippen LogP) is 1.48. The highest BCUT2D eigenvalue weighted by molar-refractivity contribution is 7.99. The molecule has 0 saturated carbocycles. The lowest BCUT2D eigenvalue weighted by Gasteiger charge is -2.26. The first-order valence-corrected chi connectivity index (χ1v) is 8.99. The van der Waals surface area contributed by atoms with Gasteiger partial charge in [0.2, 0.25) is 10.0 Å². The molecule has 1 aliphatic rings. The minimum atomic E-state index is -3.41. The van der Waals surface area contributed by atoms with Crippen molar-refractivity contribution in [1.82, 2.24) is 4.31 Å². The van der Waals surface area contributed by atoms with Gasteiger partial charge >= 0.3 is 0 Å². The van der Waals surface area contributed by atoms with E-state index in [0.717, 1.165) is 23.5 Å². The van der Waals surface area contributed by atoms with Gasteiger partial charge in [-0.15, -0.1) is 0 Å². The summed E-state index contributed by atoms with van der Waals surface area (Å²) in [6.07, 6.45) is 0.788. The summed E-state index contributed by atoms with van der Waals surface area (Å²) in [6, 6.07) is 5.06. The number of nitrogens with zero attached hydrogens (tertiary/aromatic N) is 1. The molecule has 0 bridgehead atoms. The summed E-state index contributed by atoms with van der Waals surface area (Å²) >= 11 is 1.78. The molecule has 1 N–H and O–H groups in total. The van der Waals surface area contributed by atoms with Crippen molar-refractivity contribution in [3.8, 4) is 0 Å². The number of thioether (sulfide) groups is 1. The lowest BCUT2D eigenvalue weighted by Crippen LogP contribution is -2.37. The molecule has 106 valence electrons. The topological polar surface area (TPSA) is 57.6 Å². The van der Waals surface area contributed by atoms with Crippen molar-refractivity contribution in [1.29, 1.82) is 0 Å². The van der Waals surface area contributed by atoms with Crippen LogP contribution in [0.3, 0.4) is 0 Å². The summed E-state index contributed by atoms with van der Waals surface area (Å²) in [5, 5.41) is 9.34.